The van der Waals surface area contributed by atoms with Crippen LogP contribution in [0.1, 0.15) is 22.6 Å². The highest BCUT2D eigenvalue weighted by Crippen LogP contribution is 2.59. The minimum Gasteiger partial charge on any atom is -0.378 e. The normalized spacial score (nSPS) is 30.6. The number of amides is 2. The molecule has 0 radical (unpaired) electrons. The van der Waals surface area contributed by atoms with Crippen molar-refractivity contribution in [1.29, 1.82) is 0 Å². The SMILES string of the molecule is O=C1C2C3=C(Cc4ccccc43)C3Nc4ccccc4C3C2C(=O)N1Br. The number of hydrogen-bond donors (Lipinski definition) is 1. The van der Waals surface area contributed by atoms with Gasteiger partial charge in [0.05, 0.1) is 34.0 Å². The third kappa shape index (κ3) is 1.60. The lowest BCUT2D eigenvalue weighted by atomic mass is 9.66. The minimum absolute atomic E-state index is 0.00302. The highest BCUT2D eigenvalue weighted by atomic mass is 79.9. The molecule has 1 saturated heterocycles. The summed E-state index contributed by atoms with van der Waals surface area (Å²) < 4.78 is 1.16. The van der Waals surface area contributed by atoms with Crippen molar-refractivity contribution in [2.75, 3.05) is 5.32 Å². The summed E-state index contributed by atoms with van der Waals surface area (Å²) in [6.45, 7) is 0. The lowest BCUT2D eigenvalue weighted by molar-refractivity contribution is -0.132. The Morgan fingerprint density at radius 1 is 0.962 bits per heavy atom. The molecule has 0 saturated carbocycles. The van der Waals surface area contributed by atoms with Crippen LogP contribution in [0.5, 0.6) is 0 Å². The Kier molecular flexibility index (Phi) is 2.75. The molecule has 2 aromatic carbocycles. The third-order valence-electron chi connectivity index (χ3n) is 6.40. The van der Waals surface area contributed by atoms with Crippen molar-refractivity contribution in [3.8, 4) is 0 Å². The van der Waals surface area contributed by atoms with Crippen molar-refractivity contribution in [3.05, 3.63) is 70.8 Å². The van der Waals surface area contributed by atoms with E-state index in [1.54, 1.807) is 0 Å². The quantitative estimate of drug-likeness (QED) is 0.537. The molecule has 1 N–H and O–H groups in total. The second kappa shape index (κ2) is 4.86. The fourth-order valence-corrected chi connectivity index (χ4v) is 5.89. The largest absolute Gasteiger partial charge is 0.378 e. The van der Waals surface area contributed by atoms with Crippen molar-refractivity contribution < 1.29 is 9.59 Å². The second-order valence-electron chi connectivity index (χ2n) is 7.47. The summed E-state index contributed by atoms with van der Waals surface area (Å²) >= 11 is 3.22. The predicted molar refractivity (Wildman–Crippen MR) is 101 cm³/mol. The molecule has 0 bridgehead atoms. The first-order valence-corrected chi connectivity index (χ1v) is 9.58. The monoisotopic (exact) mass is 406 g/mol. The Bertz CT molecular complexity index is 1040. The van der Waals surface area contributed by atoms with Crippen molar-refractivity contribution in [1.82, 2.24) is 3.93 Å². The van der Waals surface area contributed by atoms with E-state index in [-0.39, 0.29) is 29.7 Å². The molecule has 128 valence electrons. The zero-order valence-corrected chi connectivity index (χ0v) is 15.4. The molecule has 2 aliphatic carbocycles. The lowest BCUT2D eigenvalue weighted by Gasteiger charge is -2.35. The molecule has 2 aliphatic heterocycles. The van der Waals surface area contributed by atoms with Gasteiger partial charge in [-0.05, 0) is 40.3 Å². The predicted octanol–water partition coefficient (Wildman–Crippen LogP) is 3.50. The summed E-state index contributed by atoms with van der Waals surface area (Å²) in [5.74, 6) is -0.998. The summed E-state index contributed by atoms with van der Waals surface area (Å²) in [6.07, 6.45) is 0.848. The minimum atomic E-state index is -0.394. The van der Waals surface area contributed by atoms with Gasteiger partial charge in [0.1, 0.15) is 0 Å². The Morgan fingerprint density at radius 2 is 1.73 bits per heavy atom. The summed E-state index contributed by atoms with van der Waals surface area (Å²) in [5.41, 5.74) is 6.98. The number of halogens is 1. The van der Waals surface area contributed by atoms with Gasteiger partial charge in [-0.15, -0.1) is 0 Å². The van der Waals surface area contributed by atoms with E-state index in [4.69, 9.17) is 0 Å². The molecular weight excluding hydrogens is 392 g/mol. The van der Waals surface area contributed by atoms with Gasteiger partial charge in [-0.3, -0.25) is 9.59 Å². The summed E-state index contributed by atoms with van der Waals surface area (Å²) in [7, 11) is 0. The molecular formula is C21H15BrN2O2. The average molecular weight is 407 g/mol. The van der Waals surface area contributed by atoms with Gasteiger partial charge in [-0.25, -0.2) is 3.93 Å². The van der Waals surface area contributed by atoms with E-state index >= 15 is 0 Å². The fourth-order valence-electron chi connectivity index (χ4n) is 5.44. The fraction of sp³-hybridized carbons (Fsp3) is 0.238. The number of carbonyl (C=O) groups is 2. The van der Waals surface area contributed by atoms with Crippen LogP contribution >= 0.6 is 16.1 Å². The van der Waals surface area contributed by atoms with E-state index in [0.717, 1.165) is 32.7 Å². The number of para-hydroxylation sites is 1. The van der Waals surface area contributed by atoms with Crippen LogP contribution in [-0.2, 0) is 16.0 Å². The van der Waals surface area contributed by atoms with E-state index in [2.05, 4.69) is 45.7 Å². The van der Waals surface area contributed by atoms with E-state index < -0.39 is 5.92 Å². The van der Waals surface area contributed by atoms with Gasteiger partial charge in [0.25, 0.3) is 0 Å². The first-order valence-electron chi connectivity index (χ1n) is 8.87. The van der Waals surface area contributed by atoms with E-state index in [1.807, 2.05) is 24.3 Å². The van der Waals surface area contributed by atoms with E-state index in [1.165, 1.54) is 11.1 Å². The number of imide groups is 1. The summed E-state index contributed by atoms with van der Waals surface area (Å²) in [4.78, 5) is 26.0. The zero-order valence-electron chi connectivity index (χ0n) is 13.8. The van der Waals surface area contributed by atoms with Crippen LogP contribution in [0.2, 0.25) is 0 Å². The molecule has 4 aliphatic rings. The molecule has 4 nitrogen and oxygen atoms in total. The van der Waals surface area contributed by atoms with Crippen LogP contribution in [0.25, 0.3) is 5.57 Å². The van der Waals surface area contributed by atoms with Crippen LogP contribution < -0.4 is 5.32 Å². The van der Waals surface area contributed by atoms with Gasteiger partial charge in [0.15, 0.2) is 0 Å². The Balaban J connectivity index is 1.63. The molecule has 4 unspecified atom stereocenters. The molecule has 6 rings (SSSR count). The number of benzene rings is 2. The molecule has 26 heavy (non-hydrogen) atoms. The van der Waals surface area contributed by atoms with E-state index in [9.17, 15) is 9.59 Å². The van der Waals surface area contributed by atoms with Crippen molar-refractivity contribution in [2.24, 2.45) is 11.8 Å². The topological polar surface area (TPSA) is 49.4 Å². The maximum absolute atomic E-state index is 13.0. The first kappa shape index (κ1) is 14.7. The van der Waals surface area contributed by atoms with Gasteiger partial charge >= 0.3 is 0 Å². The number of anilines is 1. The molecule has 0 spiro atoms. The van der Waals surface area contributed by atoms with Gasteiger partial charge < -0.3 is 5.32 Å². The number of nitrogens with zero attached hydrogens (tertiary/aromatic N) is 1. The van der Waals surface area contributed by atoms with Gasteiger partial charge in [-0.1, -0.05) is 42.5 Å². The van der Waals surface area contributed by atoms with Crippen LogP contribution in [0, 0.1) is 11.8 Å². The van der Waals surface area contributed by atoms with Crippen LogP contribution in [0.3, 0.4) is 0 Å². The molecule has 1 fully saturated rings. The van der Waals surface area contributed by atoms with Crippen LogP contribution in [0.15, 0.2) is 54.1 Å². The Labute approximate surface area is 159 Å². The van der Waals surface area contributed by atoms with Crippen molar-refractivity contribution in [3.63, 3.8) is 0 Å². The molecule has 2 heterocycles. The number of hydrogen-bond acceptors (Lipinski definition) is 3. The number of fused-ring (bicyclic) bond motifs is 9. The maximum atomic E-state index is 13.0. The molecule has 0 aromatic heterocycles. The van der Waals surface area contributed by atoms with Crippen LogP contribution in [-0.4, -0.2) is 21.8 Å². The lowest BCUT2D eigenvalue weighted by Crippen LogP contribution is -2.39. The average Bonchev–Trinajstić information content (AvgIpc) is 3.29. The zero-order chi connectivity index (χ0) is 17.6. The number of nitrogens with one attached hydrogen (secondary N) is 1. The second-order valence-corrected chi connectivity index (χ2v) is 8.18. The third-order valence-corrected chi connectivity index (χ3v) is 7.09. The van der Waals surface area contributed by atoms with Gasteiger partial charge in [-0.2, -0.15) is 0 Å². The highest BCUT2D eigenvalue weighted by Gasteiger charge is 2.60. The number of carbonyl (C=O) groups excluding carboxylic acids is 2. The van der Waals surface area contributed by atoms with Gasteiger partial charge in [0, 0.05) is 11.6 Å². The summed E-state index contributed by atoms with van der Waals surface area (Å²) in [5, 5.41) is 3.65. The molecule has 2 amide bonds. The standard InChI is InChI=1S/C21H15BrN2O2/c22-24-20(25)17-15-11-6-2-1-5-10(11)9-13(15)19-16(18(17)21(24)26)12-7-3-4-8-14(12)23-19/h1-8,16-19,23H,9H2. The molecule has 2 aromatic rings. The van der Waals surface area contributed by atoms with Crippen LogP contribution in [0.4, 0.5) is 5.69 Å². The Hall–Kier alpha value is -2.40. The molecule has 5 heteroatoms. The first-order chi connectivity index (χ1) is 12.7. The van der Waals surface area contributed by atoms with Crippen molar-refractivity contribution in [2.45, 2.75) is 18.4 Å². The molecule has 4 atom stereocenters. The maximum Gasteiger partial charge on any atom is 0.247 e. The Morgan fingerprint density at radius 3 is 2.62 bits per heavy atom. The highest BCUT2D eigenvalue weighted by molar-refractivity contribution is 9.08. The number of rotatable bonds is 0. The smallest absolute Gasteiger partial charge is 0.247 e. The van der Waals surface area contributed by atoms with Crippen molar-refractivity contribution >= 4 is 39.2 Å². The van der Waals surface area contributed by atoms with E-state index in [0.29, 0.717) is 0 Å². The summed E-state index contributed by atoms with van der Waals surface area (Å²) in [6, 6.07) is 16.5. The van der Waals surface area contributed by atoms with Gasteiger partial charge in [0.2, 0.25) is 11.8 Å².